The van der Waals surface area contributed by atoms with Crippen LogP contribution in [0.25, 0.3) is 0 Å². The van der Waals surface area contributed by atoms with Gasteiger partial charge >= 0.3 is 22.4 Å². The Kier molecular flexibility index (Phi) is 79.6. The number of hydrogen-bond donors (Lipinski definition) is 0. The molecule has 5 heavy (non-hydrogen) atoms. The van der Waals surface area contributed by atoms with Crippen molar-refractivity contribution in [2.75, 3.05) is 0 Å². The molecule has 0 unspecified atom stereocenters. The van der Waals surface area contributed by atoms with Gasteiger partial charge in [0.2, 0.25) is 0 Å². The third-order valence-electron chi connectivity index (χ3n) is 0. The fourth-order valence-electron chi connectivity index (χ4n) is 0. The van der Waals surface area contributed by atoms with E-state index >= 15 is 0 Å². The molecule has 0 N–H and O–H groups in total. The van der Waals surface area contributed by atoms with Gasteiger partial charge in [-0.15, -0.1) is 12.4 Å². The predicted octanol–water partition coefficient (Wildman–Crippen LogP) is 1.43. The molecule has 0 aromatic carbocycles. The molecule has 0 fully saturated rings. The third kappa shape index (κ3) is 78.9. The minimum absolute atomic E-state index is 0. The summed E-state index contributed by atoms with van der Waals surface area (Å²) in [5.41, 5.74) is 0. The van der Waals surface area contributed by atoms with Crippen LogP contribution in [0.1, 0.15) is 0 Å². The Bertz CT molecular complexity index is 14.4. The van der Waals surface area contributed by atoms with Crippen LogP contribution in [0, 0.1) is 6.92 Å². The Morgan fingerprint density at radius 3 is 1.60 bits per heavy atom. The first-order valence-electron chi connectivity index (χ1n) is 0.816. The first kappa shape index (κ1) is 17.4. The van der Waals surface area contributed by atoms with Crippen LogP contribution in [-0.4, -0.2) is 0 Å². The van der Waals surface area contributed by atoms with Crippen molar-refractivity contribution in [3.8, 4) is 0 Å². The van der Waals surface area contributed by atoms with Crippen molar-refractivity contribution in [3.63, 3.8) is 0 Å². The van der Waals surface area contributed by atoms with Gasteiger partial charge in [-0.05, 0) is 0 Å². The van der Waals surface area contributed by atoms with Crippen LogP contribution < -0.4 is 0 Å². The Hall–Kier alpha value is 0.640. The van der Waals surface area contributed by atoms with Crippen molar-refractivity contribution < 1.29 is 22.4 Å². The zero-order valence-corrected chi connectivity index (χ0v) is 5.68. The smallest absolute Gasteiger partial charge is 0.245 e. The van der Waals surface area contributed by atoms with E-state index in [1.807, 2.05) is 0 Å². The minimum atomic E-state index is 0. The second-order valence-corrected chi connectivity index (χ2v) is 0.289. The van der Waals surface area contributed by atoms with Crippen LogP contribution in [0.3, 0.4) is 0 Å². The zero-order chi connectivity index (χ0) is 2.71. The molecular formula is C3H6AuCl. The molecule has 0 spiro atoms. The van der Waals surface area contributed by atoms with Crippen LogP contribution in [0.2, 0.25) is 0 Å². The van der Waals surface area contributed by atoms with Crippen LogP contribution in [0.5, 0.6) is 0 Å². The van der Waals surface area contributed by atoms with Gasteiger partial charge in [0.25, 0.3) is 0 Å². The minimum Gasteiger partial charge on any atom is -0.245 e. The van der Waals surface area contributed by atoms with Crippen molar-refractivity contribution in [3.05, 3.63) is 19.6 Å². The van der Waals surface area contributed by atoms with E-state index in [2.05, 4.69) is 13.5 Å². The SMILES string of the molecule is C=C[CH2-].Cl.[Au+]. The van der Waals surface area contributed by atoms with Crippen molar-refractivity contribution in [2.45, 2.75) is 0 Å². The molecule has 0 aromatic heterocycles. The Morgan fingerprint density at radius 1 is 1.60 bits per heavy atom. The van der Waals surface area contributed by atoms with Gasteiger partial charge in [0.15, 0.2) is 0 Å². The standard InChI is InChI=1S/C3H5.Au.ClH/c1-3-2;;/h3H,1-2H2;;1H/q-1;+1;. The van der Waals surface area contributed by atoms with Crippen molar-refractivity contribution in [2.24, 2.45) is 0 Å². The van der Waals surface area contributed by atoms with Gasteiger partial charge in [0.05, 0.1) is 0 Å². The van der Waals surface area contributed by atoms with E-state index in [-0.39, 0.29) is 34.8 Å². The maximum absolute atomic E-state index is 3.25. The topological polar surface area (TPSA) is 0 Å². The summed E-state index contributed by atoms with van der Waals surface area (Å²) in [5.74, 6) is 0. The van der Waals surface area contributed by atoms with E-state index in [1.54, 1.807) is 0 Å². The quantitative estimate of drug-likeness (QED) is 0.463. The normalized spacial score (nSPS) is 2.40. The fourth-order valence-corrected chi connectivity index (χ4v) is 0. The van der Waals surface area contributed by atoms with Gasteiger partial charge in [-0.25, -0.2) is 19.6 Å². The van der Waals surface area contributed by atoms with E-state index in [9.17, 15) is 0 Å². The summed E-state index contributed by atoms with van der Waals surface area (Å²) in [4.78, 5) is 0. The molecule has 0 amide bonds. The van der Waals surface area contributed by atoms with Crippen molar-refractivity contribution in [1.82, 2.24) is 0 Å². The summed E-state index contributed by atoms with van der Waals surface area (Å²) in [6.45, 7) is 6.50. The summed E-state index contributed by atoms with van der Waals surface area (Å²) >= 11 is 0. The summed E-state index contributed by atoms with van der Waals surface area (Å²) in [5, 5.41) is 0. The summed E-state index contributed by atoms with van der Waals surface area (Å²) in [7, 11) is 0. The van der Waals surface area contributed by atoms with Crippen molar-refractivity contribution >= 4 is 12.4 Å². The van der Waals surface area contributed by atoms with Gasteiger partial charge in [-0.1, -0.05) is 0 Å². The molecule has 2 heteroatoms. The molecule has 0 radical (unpaired) electrons. The van der Waals surface area contributed by atoms with Gasteiger partial charge < -0.3 is 0 Å². The number of rotatable bonds is 0. The molecule has 0 aliphatic rings. The van der Waals surface area contributed by atoms with E-state index in [0.29, 0.717) is 0 Å². The van der Waals surface area contributed by atoms with E-state index in [1.165, 1.54) is 6.08 Å². The molecular weight excluding hydrogens is 268 g/mol. The number of hydrogen-bond acceptors (Lipinski definition) is 0. The van der Waals surface area contributed by atoms with Gasteiger partial charge in [0.1, 0.15) is 0 Å². The van der Waals surface area contributed by atoms with E-state index in [0.717, 1.165) is 0 Å². The Morgan fingerprint density at radius 2 is 1.60 bits per heavy atom. The molecule has 0 aliphatic carbocycles. The summed E-state index contributed by atoms with van der Waals surface area (Å²) in [6, 6.07) is 0. The predicted molar refractivity (Wildman–Crippen MR) is 22.8 cm³/mol. The van der Waals surface area contributed by atoms with Gasteiger partial charge in [-0.2, -0.15) is 0 Å². The molecule has 0 saturated carbocycles. The molecule has 0 bridgehead atoms. The molecule has 0 nitrogen and oxygen atoms in total. The first-order chi connectivity index (χ1) is 1.41. The van der Waals surface area contributed by atoms with Crippen LogP contribution in [0.15, 0.2) is 12.7 Å². The zero-order valence-electron chi connectivity index (χ0n) is 2.70. The molecule has 0 saturated heterocycles. The second kappa shape index (κ2) is 22.9. The van der Waals surface area contributed by atoms with E-state index < -0.39 is 0 Å². The molecule has 0 aliphatic heterocycles. The Labute approximate surface area is 54.6 Å². The number of allylic oxidation sites excluding steroid dienone is 1. The second-order valence-electron chi connectivity index (χ2n) is 0.289. The van der Waals surface area contributed by atoms with Crippen LogP contribution in [-0.2, 0) is 22.4 Å². The molecule has 0 aromatic rings. The number of halogens is 1. The summed E-state index contributed by atoms with van der Waals surface area (Å²) < 4.78 is 0. The monoisotopic (exact) mass is 274 g/mol. The maximum atomic E-state index is 3.25. The van der Waals surface area contributed by atoms with Gasteiger partial charge in [-0.3, -0.25) is 0 Å². The average molecular weight is 275 g/mol. The molecule has 36 valence electrons. The Balaban J connectivity index is -0.0000000200. The maximum Gasteiger partial charge on any atom is 1.00 e. The average Bonchev–Trinajstić information content (AvgIpc) is 0.918. The molecule has 0 heterocycles. The largest absolute Gasteiger partial charge is 1.00 e. The van der Waals surface area contributed by atoms with Gasteiger partial charge in [0, 0.05) is 0 Å². The first-order valence-corrected chi connectivity index (χ1v) is 0.816. The van der Waals surface area contributed by atoms with Crippen LogP contribution >= 0.6 is 12.4 Å². The molecule has 0 rings (SSSR count). The van der Waals surface area contributed by atoms with Crippen LogP contribution in [0.4, 0.5) is 0 Å². The van der Waals surface area contributed by atoms with Crippen molar-refractivity contribution in [1.29, 1.82) is 0 Å². The summed E-state index contributed by atoms with van der Waals surface area (Å²) in [6.07, 6.45) is 1.50. The third-order valence-corrected chi connectivity index (χ3v) is 0. The fraction of sp³-hybridized carbons (Fsp3) is 0. The molecule has 0 atom stereocenters. The van der Waals surface area contributed by atoms with E-state index in [4.69, 9.17) is 0 Å².